The van der Waals surface area contributed by atoms with E-state index in [4.69, 9.17) is 30.2 Å². The lowest BCUT2D eigenvalue weighted by Gasteiger charge is -2.24. The van der Waals surface area contributed by atoms with Gasteiger partial charge in [0.25, 0.3) is 0 Å². The standard InChI is InChI=1S/C13H28NO4PS/c1-8-11(4)17-19(20,16-10-3)18-14-12(15-9-2)13(5,6)7/h11H,8-10H2,1-7H3. The minimum absolute atomic E-state index is 0.0345. The number of ether oxygens (including phenoxy) is 1. The molecular formula is C13H28NO4PS. The summed E-state index contributed by atoms with van der Waals surface area (Å²) in [5, 5.41) is 4.05. The van der Waals surface area contributed by atoms with Crippen LogP contribution < -0.4 is 0 Å². The zero-order chi connectivity index (χ0) is 15.8. The van der Waals surface area contributed by atoms with Crippen molar-refractivity contribution in [3.05, 3.63) is 0 Å². The van der Waals surface area contributed by atoms with Crippen molar-refractivity contribution in [2.75, 3.05) is 13.2 Å². The van der Waals surface area contributed by atoms with Crippen LogP contribution in [0, 0.1) is 5.41 Å². The summed E-state index contributed by atoms with van der Waals surface area (Å²) in [4.78, 5) is 0. The van der Waals surface area contributed by atoms with Gasteiger partial charge in [0.15, 0.2) is 0 Å². The Hall–Kier alpha value is -0.160. The summed E-state index contributed by atoms with van der Waals surface area (Å²) in [6.07, 6.45) is 0.795. The molecular weight excluding hydrogens is 297 g/mol. The summed E-state index contributed by atoms with van der Waals surface area (Å²) in [6, 6.07) is 0. The third kappa shape index (κ3) is 7.58. The fourth-order valence-electron chi connectivity index (χ4n) is 1.13. The molecule has 0 aliphatic carbocycles. The fourth-order valence-corrected chi connectivity index (χ4v) is 3.21. The molecule has 0 saturated heterocycles. The Labute approximate surface area is 128 Å². The maximum absolute atomic E-state index is 5.69. The third-order valence-corrected chi connectivity index (χ3v) is 4.57. The number of oxime groups is 1. The van der Waals surface area contributed by atoms with Gasteiger partial charge in [-0.05, 0) is 32.3 Å². The molecule has 0 heterocycles. The molecule has 120 valence electrons. The quantitative estimate of drug-likeness (QED) is 0.285. The van der Waals surface area contributed by atoms with Crippen molar-refractivity contribution in [1.82, 2.24) is 0 Å². The second-order valence-corrected chi connectivity index (χ2v) is 8.22. The molecule has 5 nitrogen and oxygen atoms in total. The summed E-state index contributed by atoms with van der Waals surface area (Å²) in [5.41, 5.74) is -0.265. The van der Waals surface area contributed by atoms with Crippen LogP contribution in [-0.2, 0) is 30.2 Å². The van der Waals surface area contributed by atoms with Gasteiger partial charge in [-0.15, -0.1) is 0 Å². The first-order valence-electron chi connectivity index (χ1n) is 7.01. The van der Waals surface area contributed by atoms with Crippen LogP contribution in [-0.4, -0.2) is 25.2 Å². The second kappa shape index (κ2) is 8.98. The molecule has 0 radical (unpaired) electrons. The van der Waals surface area contributed by atoms with E-state index in [9.17, 15) is 0 Å². The molecule has 0 saturated carbocycles. The number of hydrogen-bond acceptors (Lipinski definition) is 6. The maximum Gasteiger partial charge on any atom is 0.402 e. The highest BCUT2D eigenvalue weighted by Gasteiger charge is 2.27. The monoisotopic (exact) mass is 325 g/mol. The van der Waals surface area contributed by atoms with Crippen molar-refractivity contribution >= 4 is 24.4 Å². The molecule has 0 aliphatic heterocycles. The summed E-state index contributed by atoms with van der Waals surface area (Å²) < 4.78 is 22.1. The van der Waals surface area contributed by atoms with Gasteiger partial charge in [0.1, 0.15) is 0 Å². The Balaban J connectivity index is 5.01. The Morgan fingerprint density at radius 2 is 1.80 bits per heavy atom. The van der Waals surface area contributed by atoms with Crippen LogP contribution >= 0.6 is 6.72 Å². The molecule has 0 aromatic rings. The Kier molecular flexibility index (Phi) is 8.91. The fraction of sp³-hybridized carbons (Fsp3) is 0.923. The van der Waals surface area contributed by atoms with Gasteiger partial charge >= 0.3 is 6.72 Å². The smallest absolute Gasteiger partial charge is 0.402 e. The van der Waals surface area contributed by atoms with Gasteiger partial charge < -0.3 is 9.36 Å². The zero-order valence-corrected chi connectivity index (χ0v) is 15.3. The topological polar surface area (TPSA) is 49.3 Å². The van der Waals surface area contributed by atoms with E-state index in [1.807, 2.05) is 48.5 Å². The Morgan fingerprint density at radius 3 is 2.20 bits per heavy atom. The predicted molar refractivity (Wildman–Crippen MR) is 86.4 cm³/mol. The molecule has 0 N–H and O–H groups in total. The van der Waals surface area contributed by atoms with Gasteiger partial charge in [-0.1, -0.05) is 27.7 Å². The third-order valence-electron chi connectivity index (χ3n) is 2.32. The van der Waals surface area contributed by atoms with E-state index in [2.05, 4.69) is 5.16 Å². The van der Waals surface area contributed by atoms with E-state index in [1.54, 1.807) is 0 Å². The molecule has 0 amide bonds. The first kappa shape index (κ1) is 19.8. The van der Waals surface area contributed by atoms with Crippen molar-refractivity contribution in [3.8, 4) is 0 Å². The lowest BCUT2D eigenvalue weighted by Crippen LogP contribution is -2.23. The molecule has 0 rings (SSSR count). The van der Waals surface area contributed by atoms with Crippen LogP contribution in [0.15, 0.2) is 5.16 Å². The summed E-state index contributed by atoms with van der Waals surface area (Å²) in [6.45, 7) is 11.7. The van der Waals surface area contributed by atoms with Crippen molar-refractivity contribution in [2.45, 2.75) is 61.0 Å². The second-order valence-electron chi connectivity index (χ2n) is 5.35. The SMILES string of the molecule is CCOC(=NOP(=S)(OCC)OC(C)CC)C(C)(C)C. The van der Waals surface area contributed by atoms with Crippen molar-refractivity contribution < 1.29 is 18.4 Å². The normalized spacial score (nSPS) is 17.4. The van der Waals surface area contributed by atoms with E-state index >= 15 is 0 Å². The van der Waals surface area contributed by atoms with Gasteiger partial charge in [0.05, 0.1) is 19.3 Å². The average Bonchev–Trinajstić information content (AvgIpc) is 2.33. The average molecular weight is 325 g/mol. The van der Waals surface area contributed by atoms with Gasteiger partial charge in [-0.25, -0.2) is 0 Å². The van der Waals surface area contributed by atoms with E-state index in [-0.39, 0.29) is 11.5 Å². The van der Waals surface area contributed by atoms with E-state index in [1.165, 1.54) is 0 Å². The largest absolute Gasteiger partial charge is 0.479 e. The van der Waals surface area contributed by atoms with E-state index in [0.717, 1.165) is 6.42 Å². The molecule has 0 aromatic heterocycles. The van der Waals surface area contributed by atoms with Gasteiger partial charge in [-0.2, -0.15) is 0 Å². The highest BCUT2D eigenvalue weighted by molar-refractivity contribution is 8.07. The minimum atomic E-state index is -2.87. The molecule has 0 fully saturated rings. The number of nitrogens with zero attached hydrogens (tertiary/aromatic N) is 1. The Bertz CT molecular complexity index is 355. The zero-order valence-electron chi connectivity index (χ0n) is 13.6. The van der Waals surface area contributed by atoms with Crippen LogP contribution in [0.5, 0.6) is 0 Å². The van der Waals surface area contributed by atoms with E-state index < -0.39 is 6.72 Å². The van der Waals surface area contributed by atoms with Crippen molar-refractivity contribution in [1.29, 1.82) is 0 Å². The lowest BCUT2D eigenvalue weighted by atomic mass is 9.97. The van der Waals surface area contributed by atoms with Crippen molar-refractivity contribution in [3.63, 3.8) is 0 Å². The van der Waals surface area contributed by atoms with Crippen LogP contribution in [0.1, 0.15) is 54.9 Å². The molecule has 2 atom stereocenters. The van der Waals surface area contributed by atoms with Crippen LogP contribution in [0.25, 0.3) is 0 Å². The van der Waals surface area contributed by atoms with Crippen LogP contribution in [0.4, 0.5) is 0 Å². The van der Waals surface area contributed by atoms with Crippen molar-refractivity contribution in [2.24, 2.45) is 10.6 Å². The maximum atomic E-state index is 5.69. The van der Waals surface area contributed by atoms with Crippen LogP contribution in [0.2, 0.25) is 0 Å². The minimum Gasteiger partial charge on any atom is -0.479 e. The predicted octanol–water partition coefficient (Wildman–Crippen LogP) is 4.48. The molecule has 0 aromatic carbocycles. The van der Waals surface area contributed by atoms with Gasteiger partial charge in [0, 0.05) is 17.2 Å². The van der Waals surface area contributed by atoms with Gasteiger partial charge in [-0.3, -0.25) is 9.05 Å². The molecule has 2 unspecified atom stereocenters. The number of hydrogen-bond donors (Lipinski definition) is 0. The first-order chi connectivity index (χ1) is 9.18. The number of rotatable bonds is 8. The van der Waals surface area contributed by atoms with Crippen LogP contribution in [0.3, 0.4) is 0 Å². The summed E-state index contributed by atoms with van der Waals surface area (Å²) in [5.74, 6) is 0.488. The molecule has 0 bridgehead atoms. The molecule has 0 spiro atoms. The lowest BCUT2D eigenvalue weighted by molar-refractivity contribution is 0.121. The highest BCUT2D eigenvalue weighted by atomic mass is 32.5. The first-order valence-corrected chi connectivity index (χ1v) is 9.57. The summed E-state index contributed by atoms with van der Waals surface area (Å²) >= 11 is 5.35. The molecule has 0 aliphatic rings. The van der Waals surface area contributed by atoms with Gasteiger partial charge in [0.2, 0.25) is 5.90 Å². The molecule has 7 heteroatoms. The Morgan fingerprint density at radius 1 is 1.20 bits per heavy atom. The van der Waals surface area contributed by atoms with E-state index in [0.29, 0.717) is 19.1 Å². The molecule has 20 heavy (non-hydrogen) atoms. The summed E-state index contributed by atoms with van der Waals surface area (Å²) in [7, 11) is 0. The highest BCUT2D eigenvalue weighted by Crippen LogP contribution is 2.51.